The highest BCUT2D eigenvalue weighted by molar-refractivity contribution is 5.47. The Morgan fingerprint density at radius 3 is 2.33 bits per heavy atom. The van der Waals surface area contributed by atoms with Crippen LogP contribution in [-0.2, 0) is 6.54 Å². The van der Waals surface area contributed by atoms with Gasteiger partial charge >= 0.3 is 0 Å². The van der Waals surface area contributed by atoms with Crippen LogP contribution < -0.4 is 10.2 Å². The Morgan fingerprint density at radius 1 is 1.11 bits per heavy atom. The summed E-state index contributed by atoms with van der Waals surface area (Å²) in [6.07, 6.45) is 4.06. The van der Waals surface area contributed by atoms with Gasteiger partial charge in [-0.15, -0.1) is 0 Å². The lowest BCUT2D eigenvalue weighted by atomic mass is 9.94. The van der Waals surface area contributed by atoms with Gasteiger partial charge in [-0.3, -0.25) is 0 Å². The Labute approximate surface area is 111 Å². The minimum Gasteiger partial charge on any atom is -0.372 e. The molecule has 100 valence electrons. The molecule has 1 fully saturated rings. The number of anilines is 1. The van der Waals surface area contributed by atoms with Crippen LogP contribution in [0.25, 0.3) is 0 Å². The van der Waals surface area contributed by atoms with Gasteiger partial charge in [0.05, 0.1) is 0 Å². The predicted molar refractivity (Wildman–Crippen MR) is 79.1 cm³/mol. The van der Waals surface area contributed by atoms with E-state index in [9.17, 15) is 0 Å². The van der Waals surface area contributed by atoms with Crippen LogP contribution >= 0.6 is 0 Å². The van der Waals surface area contributed by atoms with Gasteiger partial charge in [-0.05, 0) is 43.0 Å². The van der Waals surface area contributed by atoms with Gasteiger partial charge in [0.2, 0.25) is 0 Å². The summed E-state index contributed by atoms with van der Waals surface area (Å²) in [6, 6.07) is 9.06. The molecular formula is C16H26N2. The van der Waals surface area contributed by atoms with E-state index in [0.29, 0.717) is 0 Å². The minimum atomic E-state index is 0.953. The number of nitrogens with zero attached hydrogens (tertiary/aromatic N) is 1. The number of hydrogen-bond donors (Lipinski definition) is 1. The average Bonchev–Trinajstić information content (AvgIpc) is 2.46. The molecule has 0 aliphatic carbocycles. The first-order chi connectivity index (χ1) is 8.83. The average molecular weight is 246 g/mol. The maximum Gasteiger partial charge on any atom is 0.0366 e. The van der Waals surface area contributed by atoms with Gasteiger partial charge in [0.1, 0.15) is 0 Å². The van der Waals surface area contributed by atoms with Crippen molar-refractivity contribution in [3.63, 3.8) is 0 Å². The van der Waals surface area contributed by atoms with E-state index in [4.69, 9.17) is 0 Å². The van der Waals surface area contributed by atoms with Crippen LogP contribution in [0.2, 0.25) is 0 Å². The van der Waals surface area contributed by atoms with Gasteiger partial charge in [-0.25, -0.2) is 0 Å². The highest BCUT2D eigenvalue weighted by Crippen LogP contribution is 2.25. The number of rotatable bonds is 5. The predicted octanol–water partition coefficient (Wildman–Crippen LogP) is 3.42. The zero-order valence-corrected chi connectivity index (χ0v) is 11.8. The van der Waals surface area contributed by atoms with Crippen molar-refractivity contribution in [3.8, 4) is 0 Å². The molecule has 1 aliphatic rings. The summed E-state index contributed by atoms with van der Waals surface area (Å²) in [7, 11) is 0. The van der Waals surface area contributed by atoms with Gasteiger partial charge < -0.3 is 10.2 Å². The van der Waals surface area contributed by atoms with Crippen molar-refractivity contribution in [1.82, 2.24) is 5.32 Å². The Hall–Kier alpha value is -1.02. The zero-order valence-electron chi connectivity index (χ0n) is 11.8. The van der Waals surface area contributed by atoms with Crippen LogP contribution in [0.1, 0.15) is 38.7 Å². The molecule has 0 spiro atoms. The molecule has 2 heteroatoms. The fourth-order valence-corrected chi connectivity index (χ4v) is 2.69. The number of hydrogen-bond acceptors (Lipinski definition) is 2. The Bertz CT molecular complexity index is 337. The second kappa shape index (κ2) is 6.79. The smallest absolute Gasteiger partial charge is 0.0366 e. The molecule has 2 nitrogen and oxygen atoms in total. The molecule has 18 heavy (non-hydrogen) atoms. The Balaban J connectivity index is 1.89. The van der Waals surface area contributed by atoms with Crippen LogP contribution in [0.3, 0.4) is 0 Å². The first-order valence-corrected chi connectivity index (χ1v) is 7.38. The third-order valence-corrected chi connectivity index (χ3v) is 4.07. The number of benzene rings is 1. The monoisotopic (exact) mass is 246 g/mol. The summed E-state index contributed by atoms with van der Waals surface area (Å²) in [5.74, 6) is 0.953. The highest BCUT2D eigenvalue weighted by Gasteiger charge is 2.17. The summed E-state index contributed by atoms with van der Waals surface area (Å²) in [4.78, 5) is 2.53. The van der Waals surface area contributed by atoms with Crippen LogP contribution in [-0.4, -0.2) is 19.6 Å². The topological polar surface area (TPSA) is 15.3 Å². The first kappa shape index (κ1) is 13.4. The maximum atomic E-state index is 3.36. The quantitative estimate of drug-likeness (QED) is 0.856. The normalized spacial score (nSPS) is 17.1. The van der Waals surface area contributed by atoms with Crippen molar-refractivity contribution in [2.75, 3.05) is 24.5 Å². The molecule has 0 aromatic heterocycles. The van der Waals surface area contributed by atoms with E-state index >= 15 is 0 Å². The van der Waals surface area contributed by atoms with Crippen molar-refractivity contribution in [2.45, 2.75) is 39.7 Å². The van der Waals surface area contributed by atoms with Crippen LogP contribution in [0, 0.1) is 5.92 Å². The van der Waals surface area contributed by atoms with Crippen LogP contribution in [0.15, 0.2) is 24.3 Å². The molecule has 0 bridgehead atoms. The van der Waals surface area contributed by atoms with E-state index in [1.165, 1.54) is 43.6 Å². The fraction of sp³-hybridized carbons (Fsp3) is 0.625. The summed E-state index contributed by atoms with van der Waals surface area (Å²) in [5.41, 5.74) is 2.77. The third-order valence-electron chi connectivity index (χ3n) is 4.07. The fourth-order valence-electron chi connectivity index (χ4n) is 2.69. The molecule has 0 saturated carbocycles. The summed E-state index contributed by atoms with van der Waals surface area (Å²) in [6.45, 7) is 8.93. The molecule has 1 saturated heterocycles. The molecule has 1 aromatic carbocycles. The van der Waals surface area contributed by atoms with Gasteiger partial charge in [-0.2, -0.15) is 0 Å². The van der Waals surface area contributed by atoms with E-state index in [0.717, 1.165) is 19.0 Å². The van der Waals surface area contributed by atoms with E-state index in [1.54, 1.807) is 0 Å². The third kappa shape index (κ3) is 3.49. The molecule has 0 amide bonds. The van der Waals surface area contributed by atoms with E-state index < -0.39 is 0 Å². The molecule has 0 atom stereocenters. The van der Waals surface area contributed by atoms with Crippen LogP contribution in [0.5, 0.6) is 0 Å². The van der Waals surface area contributed by atoms with Crippen LogP contribution in [0.4, 0.5) is 5.69 Å². The highest BCUT2D eigenvalue weighted by atomic mass is 15.1. The second-order valence-electron chi connectivity index (χ2n) is 5.29. The summed E-state index contributed by atoms with van der Waals surface area (Å²) in [5, 5.41) is 3.36. The van der Waals surface area contributed by atoms with Gasteiger partial charge in [0, 0.05) is 25.3 Å². The minimum absolute atomic E-state index is 0.953. The maximum absolute atomic E-state index is 3.36. The summed E-state index contributed by atoms with van der Waals surface area (Å²) < 4.78 is 0. The van der Waals surface area contributed by atoms with Crippen molar-refractivity contribution in [2.24, 2.45) is 5.92 Å². The van der Waals surface area contributed by atoms with E-state index in [2.05, 4.69) is 48.3 Å². The van der Waals surface area contributed by atoms with Crippen molar-refractivity contribution >= 4 is 5.69 Å². The molecule has 1 aromatic rings. The van der Waals surface area contributed by atoms with Gasteiger partial charge in [0.25, 0.3) is 0 Å². The molecule has 1 heterocycles. The van der Waals surface area contributed by atoms with Crippen molar-refractivity contribution in [1.29, 1.82) is 0 Å². The lowest BCUT2D eigenvalue weighted by molar-refractivity contribution is 0.395. The zero-order chi connectivity index (χ0) is 12.8. The van der Waals surface area contributed by atoms with Gasteiger partial charge in [-0.1, -0.05) is 32.4 Å². The lowest BCUT2D eigenvalue weighted by Gasteiger charge is -2.33. The largest absolute Gasteiger partial charge is 0.372 e. The second-order valence-corrected chi connectivity index (χ2v) is 5.29. The lowest BCUT2D eigenvalue weighted by Crippen LogP contribution is -2.33. The Kier molecular flexibility index (Phi) is 5.06. The molecule has 2 rings (SSSR count). The van der Waals surface area contributed by atoms with Gasteiger partial charge in [0.15, 0.2) is 0 Å². The Morgan fingerprint density at radius 2 is 1.78 bits per heavy atom. The number of nitrogens with one attached hydrogen (secondary N) is 1. The SMILES string of the molecule is CCNCc1ccc(N2CCC(CC)CC2)cc1. The standard InChI is InChI=1S/C16H26N2/c1-3-14-9-11-18(12-10-14)16-7-5-15(6-8-16)13-17-4-2/h5-8,14,17H,3-4,9-13H2,1-2H3. The molecule has 1 N–H and O–H groups in total. The summed E-state index contributed by atoms with van der Waals surface area (Å²) >= 11 is 0. The molecule has 1 aliphatic heterocycles. The van der Waals surface area contributed by atoms with Crippen molar-refractivity contribution in [3.05, 3.63) is 29.8 Å². The first-order valence-electron chi connectivity index (χ1n) is 7.38. The molecular weight excluding hydrogens is 220 g/mol. The molecule has 0 radical (unpaired) electrons. The van der Waals surface area contributed by atoms with E-state index in [1.807, 2.05) is 0 Å². The van der Waals surface area contributed by atoms with E-state index in [-0.39, 0.29) is 0 Å². The van der Waals surface area contributed by atoms with Crippen molar-refractivity contribution < 1.29 is 0 Å². The number of piperidine rings is 1. The molecule has 0 unspecified atom stereocenters.